The van der Waals surface area contributed by atoms with E-state index in [0.717, 1.165) is 5.23 Å². The fraction of sp³-hybridized carbons (Fsp3) is 1.00. The van der Waals surface area contributed by atoms with Gasteiger partial charge in [-0.15, -0.1) is 0 Å². The monoisotopic (exact) mass is 167 g/mol. The van der Waals surface area contributed by atoms with Crippen LogP contribution >= 0.6 is 0 Å². The predicted molar refractivity (Wildman–Crippen MR) is 35.0 cm³/mol. The van der Waals surface area contributed by atoms with E-state index in [1.807, 2.05) is 0 Å². The zero-order valence-electron chi connectivity index (χ0n) is 6.14. The van der Waals surface area contributed by atoms with E-state index in [9.17, 15) is 0 Å². The molecule has 6 heteroatoms. The first-order valence-electron chi connectivity index (χ1n) is 3.21. The van der Waals surface area contributed by atoms with Crippen LogP contribution in [-0.2, 0) is 9.68 Å². The summed E-state index contributed by atoms with van der Waals surface area (Å²) >= 11 is 0. The first-order chi connectivity index (χ1) is 5.35. The van der Waals surface area contributed by atoms with Gasteiger partial charge in [-0.25, -0.2) is 0 Å². The summed E-state index contributed by atoms with van der Waals surface area (Å²) in [6.45, 7) is -0.657. The van der Waals surface area contributed by atoms with Crippen molar-refractivity contribution in [2.75, 3.05) is 33.2 Å². The van der Waals surface area contributed by atoms with Crippen LogP contribution in [0.25, 0.3) is 0 Å². The van der Waals surface area contributed by atoms with Crippen molar-refractivity contribution in [3.63, 3.8) is 0 Å². The zero-order chi connectivity index (χ0) is 8.53. The molecule has 0 amide bonds. The smallest absolute Gasteiger partial charge is 0.146 e. The van der Waals surface area contributed by atoms with Gasteiger partial charge in [0.25, 0.3) is 0 Å². The van der Waals surface area contributed by atoms with Gasteiger partial charge < -0.3 is 15.3 Å². The average Bonchev–Trinajstić information content (AvgIpc) is 2.05. The first kappa shape index (κ1) is 10.8. The SMILES string of the molecule is OCCON(CO)OCCO. The maximum Gasteiger partial charge on any atom is 0.146 e. The summed E-state index contributed by atoms with van der Waals surface area (Å²) in [6, 6.07) is 0. The third-order valence-electron chi connectivity index (χ3n) is 0.769. The van der Waals surface area contributed by atoms with Crippen molar-refractivity contribution >= 4 is 0 Å². The molecule has 0 spiro atoms. The molecular weight excluding hydrogens is 154 g/mol. The molecular formula is C5H13NO5. The Labute approximate surface area is 64.5 Å². The number of hydrogen-bond donors (Lipinski definition) is 3. The molecule has 0 aliphatic rings. The van der Waals surface area contributed by atoms with Crippen molar-refractivity contribution in [1.82, 2.24) is 5.23 Å². The van der Waals surface area contributed by atoms with E-state index < -0.39 is 6.73 Å². The maximum absolute atomic E-state index is 8.49. The van der Waals surface area contributed by atoms with Crippen LogP contribution in [0, 0.1) is 0 Å². The van der Waals surface area contributed by atoms with E-state index in [2.05, 4.69) is 9.68 Å². The van der Waals surface area contributed by atoms with Gasteiger partial charge in [0.05, 0.1) is 26.4 Å². The van der Waals surface area contributed by atoms with E-state index in [1.54, 1.807) is 0 Å². The van der Waals surface area contributed by atoms with Crippen LogP contribution < -0.4 is 0 Å². The second-order valence-corrected chi connectivity index (χ2v) is 1.59. The van der Waals surface area contributed by atoms with Gasteiger partial charge in [-0.1, -0.05) is 0 Å². The van der Waals surface area contributed by atoms with Gasteiger partial charge in [0, 0.05) is 0 Å². The molecule has 0 aliphatic heterocycles. The summed E-state index contributed by atoms with van der Waals surface area (Å²) in [7, 11) is 0. The van der Waals surface area contributed by atoms with Gasteiger partial charge in [-0.05, 0) is 5.23 Å². The molecule has 0 aliphatic carbocycles. The molecule has 0 atom stereocenters. The van der Waals surface area contributed by atoms with Crippen LogP contribution in [0.1, 0.15) is 0 Å². The maximum atomic E-state index is 8.49. The summed E-state index contributed by atoms with van der Waals surface area (Å²) < 4.78 is 0. The summed E-state index contributed by atoms with van der Waals surface area (Å²) in [6.07, 6.45) is 0. The number of aliphatic hydroxyl groups is 3. The Hall–Kier alpha value is -0.240. The van der Waals surface area contributed by atoms with Gasteiger partial charge in [-0.3, -0.25) is 9.68 Å². The van der Waals surface area contributed by atoms with Crippen molar-refractivity contribution in [2.24, 2.45) is 0 Å². The van der Waals surface area contributed by atoms with Gasteiger partial charge in [-0.2, -0.15) is 0 Å². The molecule has 0 unspecified atom stereocenters. The molecule has 0 saturated carbocycles. The lowest BCUT2D eigenvalue weighted by Gasteiger charge is -2.16. The first-order valence-corrected chi connectivity index (χ1v) is 3.21. The number of aliphatic hydroxyl groups excluding tert-OH is 3. The van der Waals surface area contributed by atoms with E-state index in [0.29, 0.717) is 0 Å². The minimum Gasteiger partial charge on any atom is -0.394 e. The normalized spacial score (nSPS) is 10.9. The highest BCUT2D eigenvalue weighted by Gasteiger charge is 2.01. The van der Waals surface area contributed by atoms with Crippen LogP contribution in [0.5, 0.6) is 0 Å². The third kappa shape index (κ3) is 6.17. The van der Waals surface area contributed by atoms with Crippen LogP contribution in [0.15, 0.2) is 0 Å². The second-order valence-electron chi connectivity index (χ2n) is 1.59. The number of nitrogens with zero attached hydrogens (tertiary/aromatic N) is 1. The molecule has 0 aromatic rings. The Balaban J connectivity index is 3.25. The largest absolute Gasteiger partial charge is 0.394 e. The molecule has 3 N–H and O–H groups in total. The van der Waals surface area contributed by atoms with Crippen molar-refractivity contribution < 1.29 is 25.0 Å². The Morgan fingerprint density at radius 3 is 1.64 bits per heavy atom. The molecule has 0 saturated heterocycles. The van der Waals surface area contributed by atoms with Gasteiger partial charge in [0.15, 0.2) is 0 Å². The van der Waals surface area contributed by atoms with E-state index in [-0.39, 0.29) is 26.4 Å². The predicted octanol–water partition coefficient (Wildman–Crippen LogP) is -1.91. The molecule has 0 aromatic heterocycles. The lowest BCUT2D eigenvalue weighted by atomic mass is 10.8. The summed E-state index contributed by atoms with van der Waals surface area (Å²) in [4.78, 5) is 9.28. The molecule has 0 bridgehead atoms. The van der Waals surface area contributed by atoms with E-state index in [1.165, 1.54) is 0 Å². The Morgan fingerprint density at radius 2 is 1.36 bits per heavy atom. The minimum absolute atomic E-state index is 0.0476. The highest BCUT2D eigenvalue weighted by molar-refractivity contribution is 4.20. The van der Waals surface area contributed by atoms with Crippen molar-refractivity contribution in [3.05, 3.63) is 0 Å². The molecule has 68 valence electrons. The number of hydroxylamine groups is 2. The lowest BCUT2D eigenvalue weighted by molar-refractivity contribution is -0.392. The van der Waals surface area contributed by atoms with Crippen molar-refractivity contribution in [1.29, 1.82) is 0 Å². The third-order valence-corrected chi connectivity index (χ3v) is 0.769. The van der Waals surface area contributed by atoms with Crippen molar-refractivity contribution in [2.45, 2.75) is 0 Å². The van der Waals surface area contributed by atoms with Crippen LogP contribution in [0.2, 0.25) is 0 Å². The Kier molecular flexibility index (Phi) is 7.69. The minimum atomic E-state index is -0.444. The van der Waals surface area contributed by atoms with Crippen molar-refractivity contribution in [3.8, 4) is 0 Å². The van der Waals surface area contributed by atoms with Gasteiger partial charge in [0.2, 0.25) is 0 Å². The number of rotatable bonds is 7. The highest BCUT2D eigenvalue weighted by atomic mass is 17.0. The summed E-state index contributed by atoms with van der Waals surface area (Å²) in [5.41, 5.74) is 0. The highest BCUT2D eigenvalue weighted by Crippen LogP contribution is 1.88. The summed E-state index contributed by atoms with van der Waals surface area (Å²) in [5, 5.41) is 25.9. The topological polar surface area (TPSA) is 82.4 Å². The molecule has 0 rings (SSSR count). The fourth-order valence-electron chi connectivity index (χ4n) is 0.404. The molecule has 0 heterocycles. The average molecular weight is 167 g/mol. The Morgan fingerprint density at radius 1 is 0.909 bits per heavy atom. The van der Waals surface area contributed by atoms with Gasteiger partial charge >= 0.3 is 0 Å². The van der Waals surface area contributed by atoms with Crippen LogP contribution in [0.3, 0.4) is 0 Å². The van der Waals surface area contributed by atoms with Crippen LogP contribution in [-0.4, -0.2) is 53.7 Å². The quantitative estimate of drug-likeness (QED) is 0.303. The number of hydrogen-bond acceptors (Lipinski definition) is 6. The second kappa shape index (κ2) is 7.86. The van der Waals surface area contributed by atoms with E-state index >= 15 is 0 Å². The molecule has 0 radical (unpaired) electrons. The molecule has 11 heavy (non-hydrogen) atoms. The summed E-state index contributed by atoms with van der Waals surface area (Å²) in [5.74, 6) is 0. The lowest BCUT2D eigenvalue weighted by Crippen LogP contribution is -2.28. The standard InChI is InChI=1S/C5H13NO5/c7-1-3-10-6(5-9)11-4-2-8/h7-9H,1-5H2. The van der Waals surface area contributed by atoms with E-state index in [4.69, 9.17) is 15.3 Å². The van der Waals surface area contributed by atoms with Gasteiger partial charge in [0.1, 0.15) is 6.73 Å². The fourth-order valence-corrected chi connectivity index (χ4v) is 0.404. The Bertz CT molecular complexity index is 73.3. The molecule has 0 fully saturated rings. The molecule has 6 nitrogen and oxygen atoms in total. The zero-order valence-corrected chi connectivity index (χ0v) is 6.14. The molecule has 0 aromatic carbocycles. The van der Waals surface area contributed by atoms with Crippen LogP contribution in [0.4, 0.5) is 0 Å².